The first-order chi connectivity index (χ1) is 11.3. The van der Waals surface area contributed by atoms with Crippen molar-refractivity contribution in [2.45, 2.75) is 19.6 Å². The second-order valence-corrected chi connectivity index (χ2v) is 7.25. The van der Waals surface area contributed by atoms with Gasteiger partial charge >= 0.3 is 0 Å². The fourth-order valence-corrected chi connectivity index (χ4v) is 4.02. The fourth-order valence-electron chi connectivity index (χ4n) is 2.53. The molecule has 4 rings (SSSR count). The summed E-state index contributed by atoms with van der Waals surface area (Å²) in [6, 6.07) is 3.98. The van der Waals surface area contributed by atoms with E-state index in [-0.39, 0.29) is 6.10 Å². The van der Waals surface area contributed by atoms with Crippen LogP contribution in [0.4, 0.5) is 0 Å². The third-order valence-electron chi connectivity index (χ3n) is 3.63. The highest BCUT2D eigenvalue weighted by Crippen LogP contribution is 2.26. The van der Waals surface area contributed by atoms with Gasteiger partial charge in [-0.15, -0.1) is 22.7 Å². The number of rotatable bonds is 4. The molecule has 1 atom stereocenters. The molecule has 0 bridgehead atoms. The van der Waals surface area contributed by atoms with E-state index in [0.29, 0.717) is 24.9 Å². The molecular weight excluding hydrogens is 332 g/mol. The summed E-state index contributed by atoms with van der Waals surface area (Å²) in [5, 5.41) is 9.17. The highest BCUT2D eigenvalue weighted by atomic mass is 32.1. The van der Waals surface area contributed by atoms with E-state index in [2.05, 4.69) is 25.4 Å². The van der Waals surface area contributed by atoms with Gasteiger partial charge < -0.3 is 9.26 Å². The summed E-state index contributed by atoms with van der Waals surface area (Å²) in [5.41, 5.74) is 1.04. The fraction of sp³-hybridized carbons (Fsp3) is 0.400. The van der Waals surface area contributed by atoms with Crippen LogP contribution in [-0.2, 0) is 11.3 Å². The molecule has 4 heterocycles. The van der Waals surface area contributed by atoms with Crippen LogP contribution in [0.15, 0.2) is 27.4 Å². The SMILES string of the molecule is Cc1csc(C2CN(Cc3nc(-c4cccs4)no3)CCO2)n1. The van der Waals surface area contributed by atoms with Gasteiger partial charge in [-0.3, -0.25) is 4.90 Å². The van der Waals surface area contributed by atoms with Gasteiger partial charge in [0.2, 0.25) is 11.7 Å². The summed E-state index contributed by atoms with van der Waals surface area (Å²) in [6.45, 7) is 4.99. The van der Waals surface area contributed by atoms with Crippen molar-refractivity contribution < 1.29 is 9.26 Å². The average Bonchev–Trinajstić information content (AvgIpc) is 3.28. The van der Waals surface area contributed by atoms with Crippen molar-refractivity contribution in [3.8, 4) is 10.7 Å². The van der Waals surface area contributed by atoms with E-state index in [1.807, 2.05) is 24.4 Å². The molecule has 1 unspecified atom stereocenters. The van der Waals surface area contributed by atoms with E-state index < -0.39 is 0 Å². The Bertz CT molecular complexity index is 768. The quantitative estimate of drug-likeness (QED) is 0.722. The number of thiophene rings is 1. The first-order valence-corrected chi connectivity index (χ1v) is 9.16. The van der Waals surface area contributed by atoms with Crippen molar-refractivity contribution in [3.63, 3.8) is 0 Å². The molecule has 0 aromatic carbocycles. The van der Waals surface area contributed by atoms with Crippen LogP contribution in [0.1, 0.15) is 22.7 Å². The Morgan fingerprint density at radius 2 is 2.30 bits per heavy atom. The number of aromatic nitrogens is 3. The normalized spacial score (nSPS) is 19.3. The van der Waals surface area contributed by atoms with E-state index in [1.165, 1.54) is 0 Å². The molecule has 120 valence electrons. The van der Waals surface area contributed by atoms with Crippen LogP contribution in [-0.4, -0.2) is 39.7 Å². The van der Waals surface area contributed by atoms with E-state index in [9.17, 15) is 0 Å². The van der Waals surface area contributed by atoms with Gasteiger partial charge in [0.1, 0.15) is 11.1 Å². The van der Waals surface area contributed by atoms with Gasteiger partial charge in [-0.25, -0.2) is 4.98 Å². The molecule has 23 heavy (non-hydrogen) atoms. The Hall–Kier alpha value is -1.61. The van der Waals surface area contributed by atoms with E-state index in [1.54, 1.807) is 22.7 Å². The predicted molar refractivity (Wildman–Crippen MR) is 88.4 cm³/mol. The molecule has 6 nitrogen and oxygen atoms in total. The summed E-state index contributed by atoms with van der Waals surface area (Å²) < 4.78 is 11.2. The van der Waals surface area contributed by atoms with Crippen LogP contribution < -0.4 is 0 Å². The number of hydrogen-bond donors (Lipinski definition) is 0. The Kier molecular flexibility index (Phi) is 4.21. The van der Waals surface area contributed by atoms with Gasteiger partial charge in [-0.2, -0.15) is 4.98 Å². The van der Waals surface area contributed by atoms with Crippen molar-refractivity contribution in [2.75, 3.05) is 19.7 Å². The van der Waals surface area contributed by atoms with Crippen LogP contribution in [0.25, 0.3) is 10.7 Å². The lowest BCUT2D eigenvalue weighted by Gasteiger charge is -2.30. The van der Waals surface area contributed by atoms with Crippen LogP contribution >= 0.6 is 22.7 Å². The van der Waals surface area contributed by atoms with Gasteiger partial charge in [0.25, 0.3) is 0 Å². The van der Waals surface area contributed by atoms with Crippen molar-refractivity contribution in [1.29, 1.82) is 0 Å². The minimum atomic E-state index is 0.0298. The Balaban J connectivity index is 1.42. The van der Waals surface area contributed by atoms with Crippen molar-refractivity contribution in [2.24, 2.45) is 0 Å². The van der Waals surface area contributed by atoms with Crippen LogP contribution in [0, 0.1) is 6.92 Å². The summed E-state index contributed by atoms with van der Waals surface area (Å²) in [7, 11) is 0. The van der Waals surface area contributed by atoms with E-state index in [4.69, 9.17) is 9.26 Å². The zero-order chi connectivity index (χ0) is 15.6. The first kappa shape index (κ1) is 14.9. The summed E-state index contributed by atoms with van der Waals surface area (Å²) in [6.07, 6.45) is 0.0298. The topological polar surface area (TPSA) is 64.3 Å². The smallest absolute Gasteiger partial charge is 0.241 e. The highest BCUT2D eigenvalue weighted by molar-refractivity contribution is 7.13. The van der Waals surface area contributed by atoms with Crippen LogP contribution in [0.2, 0.25) is 0 Å². The Morgan fingerprint density at radius 3 is 3.09 bits per heavy atom. The van der Waals surface area contributed by atoms with Gasteiger partial charge in [0.15, 0.2) is 0 Å². The van der Waals surface area contributed by atoms with Gasteiger partial charge in [0, 0.05) is 24.2 Å². The second-order valence-electron chi connectivity index (χ2n) is 5.41. The molecule has 8 heteroatoms. The zero-order valence-electron chi connectivity index (χ0n) is 12.6. The Morgan fingerprint density at radius 1 is 1.35 bits per heavy atom. The largest absolute Gasteiger partial charge is 0.368 e. The number of aryl methyl sites for hydroxylation is 1. The van der Waals surface area contributed by atoms with E-state index >= 15 is 0 Å². The maximum Gasteiger partial charge on any atom is 0.241 e. The molecule has 1 saturated heterocycles. The minimum absolute atomic E-state index is 0.0298. The third-order valence-corrected chi connectivity index (χ3v) is 5.55. The maximum atomic E-state index is 5.85. The number of morpholine rings is 1. The average molecular weight is 348 g/mol. The van der Waals surface area contributed by atoms with Gasteiger partial charge in [-0.1, -0.05) is 11.2 Å². The van der Waals surface area contributed by atoms with Crippen LogP contribution in [0.5, 0.6) is 0 Å². The third kappa shape index (κ3) is 3.35. The molecule has 0 N–H and O–H groups in total. The standard InChI is InChI=1S/C15H16N4O2S2/c1-10-9-23-15(16-10)11-7-19(4-5-20-11)8-13-17-14(18-21-13)12-3-2-6-22-12/h2-3,6,9,11H,4-5,7-8H2,1H3. The predicted octanol–water partition coefficient (Wildman–Crippen LogP) is 3.14. The van der Waals surface area contributed by atoms with Gasteiger partial charge in [0.05, 0.1) is 18.0 Å². The first-order valence-electron chi connectivity index (χ1n) is 7.40. The number of hydrogen-bond acceptors (Lipinski definition) is 8. The molecular formula is C15H16N4O2S2. The maximum absolute atomic E-state index is 5.85. The number of ether oxygens (including phenoxy) is 1. The van der Waals surface area contributed by atoms with Crippen LogP contribution in [0.3, 0.4) is 0 Å². The monoisotopic (exact) mass is 348 g/mol. The van der Waals surface area contributed by atoms with Gasteiger partial charge in [-0.05, 0) is 18.4 Å². The van der Waals surface area contributed by atoms with E-state index in [0.717, 1.165) is 28.7 Å². The lowest BCUT2D eigenvalue weighted by molar-refractivity contribution is -0.0357. The lowest BCUT2D eigenvalue weighted by atomic mass is 10.3. The molecule has 3 aromatic rings. The molecule has 1 aliphatic heterocycles. The zero-order valence-corrected chi connectivity index (χ0v) is 14.3. The molecule has 0 amide bonds. The van der Waals surface area contributed by atoms with Crippen molar-refractivity contribution in [3.05, 3.63) is 39.5 Å². The molecule has 0 radical (unpaired) electrons. The molecule has 1 fully saturated rings. The second kappa shape index (κ2) is 6.48. The van der Waals surface area contributed by atoms with Crippen molar-refractivity contribution in [1.82, 2.24) is 20.0 Å². The summed E-state index contributed by atoms with van der Waals surface area (Å²) >= 11 is 3.26. The molecule has 0 aliphatic carbocycles. The summed E-state index contributed by atoms with van der Waals surface area (Å²) in [5.74, 6) is 1.31. The Labute approximate surface area is 141 Å². The number of nitrogens with zero attached hydrogens (tertiary/aromatic N) is 4. The lowest BCUT2D eigenvalue weighted by Crippen LogP contribution is -2.37. The molecule has 0 spiro atoms. The molecule has 3 aromatic heterocycles. The van der Waals surface area contributed by atoms with Crippen molar-refractivity contribution >= 4 is 22.7 Å². The summed E-state index contributed by atoms with van der Waals surface area (Å²) in [4.78, 5) is 12.3. The minimum Gasteiger partial charge on any atom is -0.368 e. The molecule has 0 saturated carbocycles. The molecule has 1 aliphatic rings. The highest BCUT2D eigenvalue weighted by Gasteiger charge is 2.25. The number of thiazole rings is 1.